The quantitative estimate of drug-likeness (QED) is 0.0257. The maximum Gasteiger partial charge on any atom is 0.325 e. The summed E-state index contributed by atoms with van der Waals surface area (Å²) in [6.07, 6.45) is 25.9. The third kappa shape index (κ3) is 25.0. The van der Waals surface area contributed by atoms with Crippen molar-refractivity contribution in [3.63, 3.8) is 0 Å². The zero-order valence-electron chi connectivity index (χ0n) is 48.9. The van der Waals surface area contributed by atoms with Crippen molar-refractivity contribution in [2.75, 3.05) is 26.4 Å². The number of esters is 4. The van der Waals surface area contributed by atoms with Crippen molar-refractivity contribution in [3.8, 4) is 59.2 Å². The van der Waals surface area contributed by atoms with Gasteiger partial charge in [-0.05, 0) is 138 Å². The first kappa shape index (κ1) is 68.9. The molecule has 0 fully saturated rings. The summed E-state index contributed by atoms with van der Waals surface area (Å²) in [5.41, 5.74) is 4.77. The van der Waals surface area contributed by atoms with E-state index in [0.29, 0.717) is 12.8 Å². The summed E-state index contributed by atoms with van der Waals surface area (Å²) in [5, 5.41) is 0. The molecular weight excluding hydrogens is 921 g/mol. The normalized spacial score (nSPS) is 11.5. The van der Waals surface area contributed by atoms with Crippen LogP contribution in [0.2, 0.25) is 0 Å². The van der Waals surface area contributed by atoms with Crippen LogP contribution in [0.4, 0.5) is 0 Å². The van der Waals surface area contributed by atoms with E-state index in [-0.39, 0.29) is 39.3 Å². The van der Waals surface area contributed by atoms with E-state index in [9.17, 15) is 19.2 Å². The lowest BCUT2D eigenvalue weighted by atomic mass is 9.81. The summed E-state index contributed by atoms with van der Waals surface area (Å²) in [6.45, 7) is 25.3. The number of rotatable bonds is 29. The average molecular weight is 1020 g/mol. The molecule has 0 unspecified atom stereocenters. The highest BCUT2D eigenvalue weighted by Gasteiger charge is 2.54. The second-order valence-corrected chi connectivity index (χ2v) is 19.0. The van der Waals surface area contributed by atoms with Crippen LogP contribution >= 0.6 is 0 Å². The van der Waals surface area contributed by atoms with Crippen LogP contribution in [0.1, 0.15) is 264 Å². The summed E-state index contributed by atoms with van der Waals surface area (Å²) >= 11 is 0. The molecule has 2 rings (SSSR count). The highest BCUT2D eigenvalue weighted by atomic mass is 16.6. The molecule has 1 aliphatic carbocycles. The van der Waals surface area contributed by atoms with Gasteiger partial charge in [0.2, 0.25) is 0 Å². The van der Waals surface area contributed by atoms with Gasteiger partial charge in [-0.2, -0.15) is 0 Å². The second-order valence-electron chi connectivity index (χ2n) is 19.0. The predicted octanol–water partition coefficient (Wildman–Crippen LogP) is 15.1. The third-order valence-corrected chi connectivity index (χ3v) is 12.8. The maximum absolute atomic E-state index is 13.4. The monoisotopic (exact) mass is 1020 g/mol. The Bertz CT molecular complexity index is 2010. The van der Waals surface area contributed by atoms with Crippen molar-refractivity contribution in [2.45, 2.75) is 263 Å². The highest BCUT2D eigenvalue weighted by Crippen LogP contribution is 2.46. The van der Waals surface area contributed by atoms with Crippen LogP contribution in [-0.4, -0.2) is 50.3 Å². The molecule has 0 N–H and O–H groups in total. The number of ether oxygens (including phenoxy) is 4. The van der Waals surface area contributed by atoms with Gasteiger partial charge in [-0.25, -0.2) is 0 Å². The van der Waals surface area contributed by atoms with E-state index in [1.165, 1.54) is 59.1 Å². The van der Waals surface area contributed by atoms with E-state index in [0.717, 1.165) is 128 Å². The highest BCUT2D eigenvalue weighted by molar-refractivity contribution is 6.02. The molecule has 1 aliphatic rings. The molecule has 0 aromatic heterocycles. The molecule has 0 atom stereocenters. The van der Waals surface area contributed by atoms with E-state index in [2.05, 4.69) is 115 Å². The molecule has 0 aliphatic heterocycles. The Morgan fingerprint density at radius 1 is 0.405 bits per heavy atom. The van der Waals surface area contributed by atoms with Gasteiger partial charge in [0.15, 0.2) is 10.8 Å². The number of carbonyl (C=O) groups is 4. The summed E-state index contributed by atoms with van der Waals surface area (Å²) in [6, 6.07) is 0. The van der Waals surface area contributed by atoms with Crippen molar-refractivity contribution < 1.29 is 38.1 Å². The second kappa shape index (κ2) is 44.2. The number of hydrogen-bond acceptors (Lipinski definition) is 8. The lowest BCUT2D eigenvalue weighted by molar-refractivity contribution is -0.173. The van der Waals surface area contributed by atoms with Crippen molar-refractivity contribution >= 4 is 23.9 Å². The number of hydrogen-bond donors (Lipinski definition) is 0. The fraction of sp³-hybridized carbons (Fsp3) is 0.697. The van der Waals surface area contributed by atoms with Crippen LogP contribution in [0.25, 0.3) is 0 Å². The molecule has 0 heterocycles. The van der Waals surface area contributed by atoms with Crippen LogP contribution in [-0.2, 0) is 70.2 Å². The molecular formula is C66H100O8. The van der Waals surface area contributed by atoms with Crippen molar-refractivity contribution in [1.82, 2.24) is 0 Å². The smallest absolute Gasteiger partial charge is 0.325 e. The molecule has 8 nitrogen and oxygen atoms in total. The minimum Gasteiger partial charge on any atom is -0.465 e. The largest absolute Gasteiger partial charge is 0.465 e. The summed E-state index contributed by atoms with van der Waals surface area (Å²) in [4.78, 5) is 52.0. The van der Waals surface area contributed by atoms with E-state index in [1.54, 1.807) is 27.7 Å². The van der Waals surface area contributed by atoms with E-state index in [1.807, 2.05) is 0 Å². The summed E-state index contributed by atoms with van der Waals surface area (Å²) in [5.74, 6) is 28.9. The van der Waals surface area contributed by atoms with Crippen molar-refractivity contribution in [2.24, 2.45) is 10.8 Å². The molecule has 0 saturated heterocycles. The van der Waals surface area contributed by atoms with E-state index in [4.69, 9.17) is 18.9 Å². The number of benzene rings is 1. The van der Waals surface area contributed by atoms with Crippen LogP contribution < -0.4 is 0 Å². The van der Waals surface area contributed by atoms with Gasteiger partial charge in [0, 0.05) is 63.4 Å². The number of unbranched alkanes of at least 4 members (excludes halogenated alkanes) is 13. The molecule has 412 valence electrons. The SMILES string of the molecule is CCCCC#CC#CCCCC.CCCCC#CCC(CC#CCCCC)(C(=O)OCC)C(=O)OCC.CCCCC#Cc1c(CCCC)c(CCCC)c2c(c1CCCC)CC(C(=O)OCC)(C(=O)OCC)C2. The Kier molecular flexibility index (Phi) is 41.2. The lowest BCUT2D eigenvalue weighted by Gasteiger charge is -2.25. The topological polar surface area (TPSA) is 105 Å². The van der Waals surface area contributed by atoms with Gasteiger partial charge < -0.3 is 18.9 Å². The number of carbonyl (C=O) groups excluding carboxylic acids is 4. The van der Waals surface area contributed by atoms with Gasteiger partial charge in [-0.15, -0.1) is 23.7 Å². The zero-order chi connectivity index (χ0) is 55.3. The van der Waals surface area contributed by atoms with Gasteiger partial charge in [0.1, 0.15) is 0 Å². The molecule has 1 aromatic rings. The minimum atomic E-state index is -1.45. The van der Waals surface area contributed by atoms with Crippen molar-refractivity contribution in [1.29, 1.82) is 0 Å². The Labute approximate surface area is 452 Å². The van der Waals surface area contributed by atoms with Gasteiger partial charge in [0.05, 0.1) is 26.4 Å². The predicted molar refractivity (Wildman–Crippen MR) is 306 cm³/mol. The first-order valence-corrected chi connectivity index (χ1v) is 29.2. The van der Waals surface area contributed by atoms with Crippen LogP contribution in [0.15, 0.2) is 0 Å². The molecule has 0 spiro atoms. The Morgan fingerprint density at radius 2 is 0.743 bits per heavy atom. The maximum atomic E-state index is 13.4. The van der Waals surface area contributed by atoms with Crippen molar-refractivity contribution in [3.05, 3.63) is 33.4 Å². The molecule has 0 saturated carbocycles. The Hall–Kier alpha value is -5.10. The number of fused-ring (bicyclic) bond motifs is 1. The van der Waals surface area contributed by atoms with Crippen LogP contribution in [0.3, 0.4) is 0 Å². The summed E-state index contributed by atoms with van der Waals surface area (Å²) < 4.78 is 21.4. The Morgan fingerprint density at radius 3 is 1.12 bits per heavy atom. The van der Waals surface area contributed by atoms with Crippen LogP contribution in [0.5, 0.6) is 0 Å². The molecule has 0 radical (unpaired) electrons. The van der Waals surface area contributed by atoms with Gasteiger partial charge in [-0.3, -0.25) is 19.2 Å². The van der Waals surface area contributed by atoms with E-state index < -0.39 is 34.7 Å². The molecule has 1 aromatic carbocycles. The molecule has 0 bridgehead atoms. The fourth-order valence-corrected chi connectivity index (χ4v) is 8.37. The third-order valence-electron chi connectivity index (χ3n) is 12.8. The first-order chi connectivity index (χ1) is 35.9. The zero-order valence-corrected chi connectivity index (χ0v) is 48.9. The molecule has 74 heavy (non-hydrogen) atoms. The summed E-state index contributed by atoms with van der Waals surface area (Å²) in [7, 11) is 0. The van der Waals surface area contributed by atoms with Gasteiger partial charge in [-0.1, -0.05) is 130 Å². The Balaban J connectivity index is 0.00000124. The van der Waals surface area contributed by atoms with E-state index >= 15 is 0 Å². The molecule has 8 heteroatoms. The van der Waals surface area contributed by atoms with Crippen LogP contribution in [0, 0.1) is 70.0 Å². The van der Waals surface area contributed by atoms with Gasteiger partial charge >= 0.3 is 23.9 Å². The average Bonchev–Trinajstić information content (AvgIpc) is 3.81. The fourth-order valence-electron chi connectivity index (χ4n) is 8.37. The first-order valence-electron chi connectivity index (χ1n) is 29.2. The lowest BCUT2D eigenvalue weighted by Crippen LogP contribution is -2.43. The standard InChI is InChI=1S/C33H50O4.C21H32O4.C12H18/c1-7-13-17-18-22-26-25(19-14-8-2)27(20-15-9-3)29-23-33(31(34)36-11-5,32(35)37-12-6)24-30(29)28(26)21-16-10-4;1-5-9-11-13-15-17-21(19(22)24-7-3,20(23)25-8-4)18-16-14-12-10-6-2;1-3-5-7-9-11-12-10-8-6-4-2/h7-17,19-21,23-24H2,1-6H3;5-12,17-18H2,1-4H3;3-8H2,1-2H3. The minimum absolute atomic E-state index is 0.0802. The van der Waals surface area contributed by atoms with Gasteiger partial charge in [0.25, 0.3) is 0 Å². The molecule has 0 amide bonds.